The van der Waals surface area contributed by atoms with E-state index in [4.69, 9.17) is 0 Å². The smallest absolute Gasteiger partial charge is 0.325 e. The second-order valence-corrected chi connectivity index (χ2v) is 7.69. The number of imide groups is 1. The number of aryl methyl sites for hydroxylation is 1. The summed E-state index contributed by atoms with van der Waals surface area (Å²) in [5, 5.41) is 5.62. The van der Waals surface area contributed by atoms with Crippen LogP contribution in [-0.4, -0.2) is 29.3 Å². The first-order valence-electron chi connectivity index (χ1n) is 10.6. The topological polar surface area (TPSA) is 78.5 Å². The molecule has 0 aliphatic carbocycles. The third-order valence-corrected chi connectivity index (χ3v) is 5.43. The summed E-state index contributed by atoms with van der Waals surface area (Å²) in [5.41, 5.74) is 1.48. The molecule has 1 atom stereocenters. The van der Waals surface area contributed by atoms with Crippen molar-refractivity contribution in [3.63, 3.8) is 0 Å². The molecule has 1 fully saturated rings. The number of anilines is 1. The molecular formula is C24H29N3O3. The molecule has 0 radical (unpaired) electrons. The molecule has 1 aliphatic rings. The Hall–Kier alpha value is -3.15. The van der Waals surface area contributed by atoms with Crippen LogP contribution in [0.15, 0.2) is 54.6 Å². The lowest BCUT2D eigenvalue weighted by molar-refractivity contribution is -0.134. The molecule has 30 heavy (non-hydrogen) atoms. The molecule has 3 rings (SSSR count). The van der Waals surface area contributed by atoms with Crippen molar-refractivity contribution in [2.75, 3.05) is 11.9 Å². The molecule has 1 saturated heterocycles. The van der Waals surface area contributed by atoms with Gasteiger partial charge in [0.05, 0.1) is 0 Å². The Balaban J connectivity index is 1.69. The van der Waals surface area contributed by atoms with Crippen LogP contribution in [0.1, 0.15) is 50.7 Å². The number of hydrogen-bond donors (Lipinski definition) is 2. The highest BCUT2D eigenvalue weighted by atomic mass is 16.2. The van der Waals surface area contributed by atoms with Crippen molar-refractivity contribution in [2.45, 2.75) is 51.5 Å². The Morgan fingerprint density at radius 3 is 2.33 bits per heavy atom. The fourth-order valence-electron chi connectivity index (χ4n) is 3.86. The van der Waals surface area contributed by atoms with Gasteiger partial charge in [-0.1, -0.05) is 69.2 Å². The third-order valence-electron chi connectivity index (χ3n) is 5.43. The zero-order valence-corrected chi connectivity index (χ0v) is 17.6. The Kier molecular flexibility index (Phi) is 6.87. The van der Waals surface area contributed by atoms with E-state index in [0.717, 1.165) is 29.7 Å². The molecule has 2 aromatic carbocycles. The Morgan fingerprint density at radius 2 is 1.70 bits per heavy atom. The van der Waals surface area contributed by atoms with Crippen LogP contribution in [0.3, 0.4) is 0 Å². The van der Waals surface area contributed by atoms with Crippen LogP contribution in [0.4, 0.5) is 10.5 Å². The van der Waals surface area contributed by atoms with Gasteiger partial charge >= 0.3 is 6.03 Å². The summed E-state index contributed by atoms with van der Waals surface area (Å²) in [6.45, 7) is 3.79. The number of nitrogens with one attached hydrogen (secondary N) is 2. The maximum atomic E-state index is 13.2. The summed E-state index contributed by atoms with van der Waals surface area (Å²) in [5.74, 6) is -0.786. The van der Waals surface area contributed by atoms with Gasteiger partial charge in [0.15, 0.2) is 0 Å². The molecule has 0 bridgehead atoms. The normalized spacial score (nSPS) is 18.4. The van der Waals surface area contributed by atoms with Crippen LogP contribution < -0.4 is 10.6 Å². The second kappa shape index (κ2) is 9.57. The molecule has 0 aromatic heterocycles. The average molecular weight is 408 g/mol. The Labute approximate surface area is 177 Å². The average Bonchev–Trinajstić information content (AvgIpc) is 2.99. The predicted octanol–water partition coefficient (Wildman–Crippen LogP) is 4.22. The summed E-state index contributed by atoms with van der Waals surface area (Å²) < 4.78 is 0. The van der Waals surface area contributed by atoms with Crippen LogP contribution in [-0.2, 0) is 21.5 Å². The van der Waals surface area contributed by atoms with Crippen molar-refractivity contribution >= 4 is 23.5 Å². The van der Waals surface area contributed by atoms with Crippen molar-refractivity contribution in [3.8, 4) is 0 Å². The standard InChI is InChI=1S/C24H29N3O3/c1-3-5-9-18-12-14-20(15-13-18)25-21(28)17-27-22(29)24(16-4-2,26-23(27)30)19-10-7-6-8-11-19/h6-8,10-15H,3-5,9,16-17H2,1-2H3,(H,25,28)(H,26,30)/t24-/m0/s1. The fourth-order valence-corrected chi connectivity index (χ4v) is 3.86. The molecule has 4 amide bonds. The Bertz CT molecular complexity index is 896. The molecule has 1 aliphatic heterocycles. The molecule has 0 unspecified atom stereocenters. The largest absolute Gasteiger partial charge is 0.325 e. The molecule has 1 heterocycles. The lowest BCUT2D eigenvalue weighted by Crippen LogP contribution is -2.44. The fraction of sp³-hybridized carbons (Fsp3) is 0.375. The summed E-state index contributed by atoms with van der Waals surface area (Å²) >= 11 is 0. The molecule has 0 saturated carbocycles. The first-order valence-corrected chi connectivity index (χ1v) is 10.6. The number of urea groups is 1. The monoisotopic (exact) mass is 407 g/mol. The molecule has 6 nitrogen and oxygen atoms in total. The number of carbonyl (C=O) groups is 3. The summed E-state index contributed by atoms with van der Waals surface area (Å²) in [6.07, 6.45) is 4.45. The van der Waals surface area contributed by atoms with Crippen LogP contribution in [0.25, 0.3) is 0 Å². The third kappa shape index (κ3) is 4.53. The van der Waals surface area contributed by atoms with Gasteiger partial charge < -0.3 is 10.6 Å². The zero-order chi connectivity index (χ0) is 21.6. The van der Waals surface area contributed by atoms with E-state index in [1.165, 1.54) is 5.56 Å². The summed E-state index contributed by atoms with van der Waals surface area (Å²) in [7, 11) is 0. The van der Waals surface area contributed by atoms with E-state index < -0.39 is 17.5 Å². The van der Waals surface area contributed by atoms with Gasteiger partial charge in [0, 0.05) is 5.69 Å². The SMILES string of the molecule is CCCCc1ccc(NC(=O)CN2C(=O)N[C@@](CCC)(c3ccccc3)C2=O)cc1. The van der Waals surface area contributed by atoms with Crippen molar-refractivity contribution in [1.29, 1.82) is 0 Å². The maximum Gasteiger partial charge on any atom is 0.325 e. The lowest BCUT2D eigenvalue weighted by atomic mass is 9.85. The highest BCUT2D eigenvalue weighted by molar-refractivity contribution is 6.10. The van der Waals surface area contributed by atoms with Gasteiger partial charge in [-0.2, -0.15) is 0 Å². The van der Waals surface area contributed by atoms with E-state index in [2.05, 4.69) is 17.6 Å². The van der Waals surface area contributed by atoms with Gasteiger partial charge in [-0.25, -0.2) is 4.79 Å². The van der Waals surface area contributed by atoms with Gasteiger partial charge in [0.25, 0.3) is 5.91 Å². The van der Waals surface area contributed by atoms with Gasteiger partial charge in [-0.05, 0) is 42.5 Å². The van der Waals surface area contributed by atoms with E-state index >= 15 is 0 Å². The quantitative estimate of drug-likeness (QED) is 0.611. The number of benzene rings is 2. The van der Waals surface area contributed by atoms with Crippen molar-refractivity contribution in [1.82, 2.24) is 10.2 Å². The minimum Gasteiger partial charge on any atom is -0.325 e. The molecule has 158 valence electrons. The van der Waals surface area contributed by atoms with Crippen LogP contribution >= 0.6 is 0 Å². The first-order chi connectivity index (χ1) is 14.5. The van der Waals surface area contributed by atoms with Crippen molar-refractivity contribution < 1.29 is 14.4 Å². The number of amides is 4. The first kappa shape index (κ1) is 21.6. The molecule has 2 aromatic rings. The van der Waals surface area contributed by atoms with E-state index in [0.29, 0.717) is 18.5 Å². The van der Waals surface area contributed by atoms with Crippen LogP contribution in [0.5, 0.6) is 0 Å². The zero-order valence-electron chi connectivity index (χ0n) is 17.6. The summed E-state index contributed by atoms with van der Waals surface area (Å²) in [6, 6.07) is 16.3. The number of nitrogens with zero attached hydrogens (tertiary/aromatic N) is 1. The van der Waals surface area contributed by atoms with Crippen molar-refractivity contribution in [2.24, 2.45) is 0 Å². The van der Waals surface area contributed by atoms with Gasteiger partial charge in [-0.3, -0.25) is 14.5 Å². The summed E-state index contributed by atoms with van der Waals surface area (Å²) in [4.78, 5) is 39.4. The minimum atomic E-state index is -1.12. The van der Waals surface area contributed by atoms with E-state index in [-0.39, 0.29) is 12.5 Å². The van der Waals surface area contributed by atoms with Crippen molar-refractivity contribution in [3.05, 3.63) is 65.7 Å². The number of unbranched alkanes of at least 4 members (excludes halogenated alkanes) is 1. The highest BCUT2D eigenvalue weighted by Gasteiger charge is 2.52. The highest BCUT2D eigenvalue weighted by Crippen LogP contribution is 2.33. The van der Waals surface area contributed by atoms with Gasteiger partial charge in [0.2, 0.25) is 5.91 Å². The van der Waals surface area contributed by atoms with Crippen LogP contribution in [0, 0.1) is 0 Å². The van der Waals surface area contributed by atoms with E-state index in [1.807, 2.05) is 61.5 Å². The van der Waals surface area contributed by atoms with Gasteiger partial charge in [-0.15, -0.1) is 0 Å². The number of carbonyl (C=O) groups excluding carboxylic acids is 3. The minimum absolute atomic E-state index is 0.319. The molecule has 2 N–H and O–H groups in total. The molecular weight excluding hydrogens is 378 g/mol. The van der Waals surface area contributed by atoms with E-state index in [1.54, 1.807) is 0 Å². The van der Waals surface area contributed by atoms with Crippen LogP contribution in [0.2, 0.25) is 0 Å². The predicted molar refractivity (Wildman–Crippen MR) is 117 cm³/mol. The Morgan fingerprint density at radius 1 is 1.00 bits per heavy atom. The maximum absolute atomic E-state index is 13.2. The number of hydrogen-bond acceptors (Lipinski definition) is 3. The molecule has 6 heteroatoms. The number of rotatable bonds is 9. The van der Waals surface area contributed by atoms with E-state index in [9.17, 15) is 14.4 Å². The molecule has 0 spiro atoms. The second-order valence-electron chi connectivity index (χ2n) is 7.69. The lowest BCUT2D eigenvalue weighted by Gasteiger charge is -2.26. The van der Waals surface area contributed by atoms with Gasteiger partial charge in [0.1, 0.15) is 12.1 Å².